The van der Waals surface area contributed by atoms with E-state index in [1.165, 1.54) is 11.8 Å². The molecule has 0 bridgehead atoms. The number of hydrogen-bond acceptors (Lipinski definition) is 5. The SMILES string of the molecule is CCOc1ccc(NC(=O)C[C@@H]2SC(C[NH+](C)CC(=O)NC(C)C)=NC2=O)cc1. The summed E-state index contributed by atoms with van der Waals surface area (Å²) in [6.07, 6.45) is 0.0522. The summed E-state index contributed by atoms with van der Waals surface area (Å²) in [5.41, 5.74) is 0.649. The molecular formula is C20H29N4O4S+. The van der Waals surface area contributed by atoms with Gasteiger partial charge in [0.25, 0.3) is 11.8 Å². The zero-order chi connectivity index (χ0) is 21.4. The van der Waals surface area contributed by atoms with E-state index in [-0.39, 0.29) is 30.2 Å². The molecule has 29 heavy (non-hydrogen) atoms. The van der Waals surface area contributed by atoms with Crippen molar-refractivity contribution in [3.63, 3.8) is 0 Å². The van der Waals surface area contributed by atoms with E-state index in [0.717, 1.165) is 10.6 Å². The predicted molar refractivity (Wildman–Crippen MR) is 115 cm³/mol. The van der Waals surface area contributed by atoms with Gasteiger partial charge < -0.3 is 20.3 Å². The van der Waals surface area contributed by atoms with E-state index >= 15 is 0 Å². The lowest BCUT2D eigenvalue weighted by Crippen LogP contribution is -3.11. The first-order chi connectivity index (χ1) is 13.8. The third kappa shape index (κ3) is 7.86. The number of nitrogens with one attached hydrogen (secondary N) is 3. The van der Waals surface area contributed by atoms with Crippen LogP contribution < -0.4 is 20.3 Å². The van der Waals surface area contributed by atoms with Crippen LogP contribution in [0.2, 0.25) is 0 Å². The number of anilines is 1. The number of hydrogen-bond donors (Lipinski definition) is 3. The highest BCUT2D eigenvalue weighted by molar-refractivity contribution is 8.15. The fourth-order valence-corrected chi connectivity index (χ4v) is 3.98. The van der Waals surface area contributed by atoms with E-state index in [2.05, 4.69) is 15.6 Å². The summed E-state index contributed by atoms with van der Waals surface area (Å²) in [7, 11) is 1.87. The van der Waals surface area contributed by atoms with Gasteiger partial charge >= 0.3 is 0 Å². The highest BCUT2D eigenvalue weighted by Gasteiger charge is 2.32. The Morgan fingerprint density at radius 3 is 2.55 bits per heavy atom. The molecule has 0 aliphatic carbocycles. The molecule has 0 saturated heterocycles. The molecule has 1 aliphatic heterocycles. The first-order valence-electron chi connectivity index (χ1n) is 9.68. The Bertz CT molecular complexity index is 764. The molecule has 158 valence electrons. The van der Waals surface area contributed by atoms with Crippen molar-refractivity contribution in [2.45, 2.75) is 38.5 Å². The largest absolute Gasteiger partial charge is 0.494 e. The third-order valence-corrected chi connectivity index (χ3v) is 5.13. The smallest absolute Gasteiger partial charge is 0.275 e. The van der Waals surface area contributed by atoms with Gasteiger partial charge in [0.05, 0.1) is 13.7 Å². The topological polar surface area (TPSA) is 101 Å². The van der Waals surface area contributed by atoms with Crippen molar-refractivity contribution in [1.29, 1.82) is 0 Å². The summed E-state index contributed by atoms with van der Waals surface area (Å²) in [6.45, 7) is 7.07. The molecule has 8 nitrogen and oxygen atoms in total. The Morgan fingerprint density at radius 2 is 1.93 bits per heavy atom. The van der Waals surface area contributed by atoms with Crippen LogP contribution in [0.1, 0.15) is 27.2 Å². The minimum Gasteiger partial charge on any atom is -0.494 e. The summed E-state index contributed by atoms with van der Waals surface area (Å²) in [5.74, 6) is 0.150. The van der Waals surface area contributed by atoms with E-state index in [0.29, 0.717) is 30.4 Å². The Labute approximate surface area is 175 Å². The lowest BCUT2D eigenvalue weighted by molar-refractivity contribution is -0.861. The number of nitrogens with zero attached hydrogens (tertiary/aromatic N) is 1. The number of amides is 3. The lowest BCUT2D eigenvalue weighted by atomic mass is 10.2. The summed E-state index contributed by atoms with van der Waals surface area (Å²) < 4.78 is 5.37. The molecule has 1 unspecified atom stereocenters. The average molecular weight is 422 g/mol. The van der Waals surface area contributed by atoms with Crippen LogP contribution in [0, 0.1) is 0 Å². The molecule has 0 aromatic heterocycles. The van der Waals surface area contributed by atoms with Crippen LogP contribution in [0.3, 0.4) is 0 Å². The number of carbonyl (C=O) groups excluding carboxylic acids is 3. The molecule has 3 amide bonds. The summed E-state index contributed by atoms with van der Waals surface area (Å²) in [5, 5.41) is 5.76. The van der Waals surface area contributed by atoms with Crippen LogP contribution in [-0.4, -0.2) is 60.8 Å². The standard InChI is InChI=1S/C20H28N4O4S/c1-5-28-15-8-6-14(7-9-15)22-17(25)10-16-20(27)23-19(29-16)12-24(4)11-18(26)21-13(2)3/h6-9,13,16H,5,10-12H2,1-4H3,(H,21,26)(H,22,25)/p+1/t16-/m0/s1. The number of thioether (sulfide) groups is 1. The number of aliphatic imine (C=N–C) groups is 1. The highest BCUT2D eigenvalue weighted by Crippen LogP contribution is 2.25. The van der Waals surface area contributed by atoms with E-state index < -0.39 is 5.25 Å². The zero-order valence-corrected chi connectivity index (χ0v) is 18.1. The van der Waals surface area contributed by atoms with Crippen molar-refractivity contribution in [3.05, 3.63) is 24.3 Å². The molecule has 9 heteroatoms. The summed E-state index contributed by atoms with van der Waals surface area (Å²) in [4.78, 5) is 41.3. The minimum absolute atomic E-state index is 0.0429. The maximum Gasteiger partial charge on any atom is 0.275 e. The Morgan fingerprint density at radius 1 is 1.24 bits per heavy atom. The Kier molecular flexibility index (Phi) is 8.66. The molecule has 1 aliphatic rings. The van der Waals surface area contributed by atoms with Crippen molar-refractivity contribution >= 4 is 40.2 Å². The van der Waals surface area contributed by atoms with Gasteiger partial charge in [-0.25, -0.2) is 4.99 Å². The van der Waals surface area contributed by atoms with Gasteiger partial charge in [0, 0.05) is 18.2 Å². The van der Waals surface area contributed by atoms with Crippen LogP contribution in [0.25, 0.3) is 0 Å². The molecule has 1 aromatic rings. The molecule has 2 atom stereocenters. The van der Waals surface area contributed by atoms with Crippen molar-refractivity contribution in [2.24, 2.45) is 4.99 Å². The van der Waals surface area contributed by atoms with E-state index in [1.54, 1.807) is 24.3 Å². The number of carbonyl (C=O) groups is 3. The number of ether oxygens (including phenoxy) is 1. The minimum atomic E-state index is -0.523. The van der Waals surface area contributed by atoms with Crippen LogP contribution in [0.4, 0.5) is 5.69 Å². The van der Waals surface area contributed by atoms with Crippen molar-refractivity contribution in [1.82, 2.24) is 5.32 Å². The van der Waals surface area contributed by atoms with Crippen molar-refractivity contribution < 1.29 is 24.0 Å². The number of rotatable bonds is 10. The normalized spacial score (nSPS) is 17.1. The quantitative estimate of drug-likeness (QED) is 0.511. The first kappa shape index (κ1) is 22.9. The Balaban J connectivity index is 1.79. The number of quaternary nitrogens is 1. The van der Waals surface area contributed by atoms with Gasteiger partial charge in [-0.05, 0) is 45.0 Å². The van der Waals surface area contributed by atoms with Gasteiger partial charge in [-0.1, -0.05) is 11.8 Å². The monoisotopic (exact) mass is 421 g/mol. The maximum absolute atomic E-state index is 12.3. The molecule has 0 fully saturated rings. The summed E-state index contributed by atoms with van der Waals surface area (Å²) >= 11 is 1.30. The maximum atomic E-state index is 12.3. The fraction of sp³-hybridized carbons (Fsp3) is 0.500. The lowest BCUT2D eigenvalue weighted by Gasteiger charge is -2.15. The third-order valence-electron chi connectivity index (χ3n) is 3.97. The van der Waals surface area contributed by atoms with E-state index in [4.69, 9.17) is 4.74 Å². The van der Waals surface area contributed by atoms with E-state index in [1.807, 2.05) is 27.8 Å². The second kappa shape index (κ2) is 11.0. The summed E-state index contributed by atoms with van der Waals surface area (Å²) in [6, 6.07) is 7.17. The number of benzene rings is 1. The van der Waals surface area contributed by atoms with Crippen LogP contribution in [-0.2, 0) is 14.4 Å². The molecule has 0 saturated carbocycles. The molecule has 0 radical (unpaired) electrons. The Hall–Kier alpha value is -2.39. The van der Waals surface area contributed by atoms with E-state index in [9.17, 15) is 14.4 Å². The van der Waals surface area contributed by atoms with Gasteiger partial charge in [0.15, 0.2) is 6.54 Å². The second-order valence-corrected chi connectivity index (χ2v) is 8.47. The second-order valence-electron chi connectivity index (χ2n) is 7.19. The predicted octanol–water partition coefficient (Wildman–Crippen LogP) is 0.494. The first-order valence-corrected chi connectivity index (χ1v) is 10.6. The fourth-order valence-electron chi connectivity index (χ4n) is 2.80. The van der Waals surface area contributed by atoms with Gasteiger partial charge in [0.2, 0.25) is 5.91 Å². The van der Waals surface area contributed by atoms with Crippen LogP contribution in [0.15, 0.2) is 29.3 Å². The van der Waals surface area contributed by atoms with Gasteiger partial charge in [-0.2, -0.15) is 0 Å². The van der Waals surface area contributed by atoms with Crippen molar-refractivity contribution in [2.75, 3.05) is 32.1 Å². The average Bonchev–Trinajstić information content (AvgIpc) is 2.94. The molecule has 0 spiro atoms. The molecule has 3 N–H and O–H groups in total. The van der Waals surface area contributed by atoms with Crippen molar-refractivity contribution in [3.8, 4) is 5.75 Å². The zero-order valence-electron chi connectivity index (χ0n) is 17.3. The number of likely N-dealkylation sites (N-methyl/N-ethyl adjacent to an activating group) is 1. The molecule has 1 aromatic carbocycles. The van der Waals surface area contributed by atoms with Crippen LogP contribution in [0.5, 0.6) is 5.75 Å². The molecule has 1 heterocycles. The molecule has 2 rings (SSSR count). The highest BCUT2D eigenvalue weighted by atomic mass is 32.2. The van der Waals surface area contributed by atoms with Crippen LogP contribution >= 0.6 is 11.8 Å². The molecular weight excluding hydrogens is 392 g/mol. The van der Waals surface area contributed by atoms with Gasteiger partial charge in [-0.3, -0.25) is 14.4 Å². The van der Waals surface area contributed by atoms with Gasteiger partial charge in [-0.15, -0.1) is 0 Å². The van der Waals surface area contributed by atoms with Gasteiger partial charge in [0.1, 0.15) is 22.6 Å².